The van der Waals surface area contributed by atoms with Gasteiger partial charge in [0.1, 0.15) is 5.82 Å². The van der Waals surface area contributed by atoms with Gasteiger partial charge in [-0.3, -0.25) is 0 Å². The van der Waals surface area contributed by atoms with Gasteiger partial charge in [-0.2, -0.15) is 4.31 Å². The third-order valence-corrected chi connectivity index (χ3v) is 5.46. The minimum atomic E-state index is -3.60. The number of halogens is 2. The molecule has 0 amide bonds. The van der Waals surface area contributed by atoms with Crippen LogP contribution < -0.4 is 5.32 Å². The van der Waals surface area contributed by atoms with Crippen molar-refractivity contribution in [2.45, 2.75) is 30.7 Å². The minimum Gasteiger partial charge on any atom is -0.318 e. The highest BCUT2D eigenvalue weighted by molar-refractivity contribution is 7.89. The summed E-state index contributed by atoms with van der Waals surface area (Å²) in [6.45, 7) is 2.74. The second-order valence-electron chi connectivity index (χ2n) is 4.88. The Kier molecular flexibility index (Phi) is 5.94. The molecule has 4 nitrogen and oxygen atoms in total. The topological polar surface area (TPSA) is 49.4 Å². The van der Waals surface area contributed by atoms with Crippen LogP contribution in [-0.2, 0) is 10.0 Å². The SMILES string of the molecule is CNCC1CCCN1S(=O)(=O)c1ccc(C)c(F)c1.Cl. The van der Waals surface area contributed by atoms with Crippen LogP contribution in [0, 0.1) is 12.7 Å². The Morgan fingerprint density at radius 2 is 2.15 bits per heavy atom. The predicted molar refractivity (Wildman–Crippen MR) is 79.2 cm³/mol. The normalized spacial score (nSPS) is 19.9. The van der Waals surface area contributed by atoms with Gasteiger partial charge in [-0.15, -0.1) is 12.4 Å². The predicted octanol–water partition coefficient (Wildman–Crippen LogP) is 1.93. The summed E-state index contributed by atoms with van der Waals surface area (Å²) in [5.41, 5.74) is 0.451. The van der Waals surface area contributed by atoms with Crippen LogP contribution in [0.1, 0.15) is 18.4 Å². The molecular formula is C13H20ClFN2O2S. The zero-order valence-corrected chi connectivity index (χ0v) is 13.2. The van der Waals surface area contributed by atoms with Crippen LogP contribution in [0.2, 0.25) is 0 Å². The van der Waals surface area contributed by atoms with Crippen molar-refractivity contribution in [3.63, 3.8) is 0 Å². The highest BCUT2D eigenvalue weighted by atomic mass is 35.5. The third kappa shape index (κ3) is 3.31. The van der Waals surface area contributed by atoms with E-state index in [1.165, 1.54) is 16.4 Å². The first-order valence-electron chi connectivity index (χ1n) is 6.39. The molecule has 7 heteroatoms. The monoisotopic (exact) mass is 322 g/mol. The van der Waals surface area contributed by atoms with E-state index in [2.05, 4.69) is 5.32 Å². The van der Waals surface area contributed by atoms with Gasteiger partial charge in [-0.25, -0.2) is 12.8 Å². The number of hydrogen-bond acceptors (Lipinski definition) is 3. The average molecular weight is 323 g/mol. The second kappa shape index (κ2) is 6.85. The lowest BCUT2D eigenvalue weighted by Crippen LogP contribution is -2.40. The van der Waals surface area contributed by atoms with E-state index in [0.717, 1.165) is 18.9 Å². The number of likely N-dealkylation sites (N-methyl/N-ethyl adjacent to an activating group) is 1. The smallest absolute Gasteiger partial charge is 0.243 e. The molecule has 1 N–H and O–H groups in total. The molecule has 1 fully saturated rings. The molecule has 1 aliphatic rings. The first-order valence-corrected chi connectivity index (χ1v) is 7.83. The Balaban J connectivity index is 0.00000200. The fourth-order valence-corrected chi connectivity index (χ4v) is 4.14. The molecule has 0 spiro atoms. The molecule has 1 saturated heterocycles. The Labute approximate surface area is 125 Å². The fourth-order valence-electron chi connectivity index (χ4n) is 2.43. The summed E-state index contributed by atoms with van der Waals surface area (Å²) in [6.07, 6.45) is 1.69. The summed E-state index contributed by atoms with van der Waals surface area (Å²) in [5, 5.41) is 3.00. The van der Waals surface area contributed by atoms with E-state index in [4.69, 9.17) is 0 Å². The van der Waals surface area contributed by atoms with Crippen molar-refractivity contribution < 1.29 is 12.8 Å². The van der Waals surface area contributed by atoms with Gasteiger partial charge in [-0.1, -0.05) is 6.07 Å². The summed E-state index contributed by atoms with van der Waals surface area (Å²) in [7, 11) is -1.80. The second-order valence-corrected chi connectivity index (χ2v) is 6.77. The van der Waals surface area contributed by atoms with Gasteiger partial charge in [0.25, 0.3) is 0 Å². The number of sulfonamides is 1. The van der Waals surface area contributed by atoms with E-state index in [9.17, 15) is 12.8 Å². The van der Waals surface area contributed by atoms with Crippen molar-refractivity contribution in [1.29, 1.82) is 0 Å². The van der Waals surface area contributed by atoms with Crippen molar-refractivity contribution in [3.8, 4) is 0 Å². The maximum atomic E-state index is 13.5. The van der Waals surface area contributed by atoms with Gasteiger partial charge in [0.15, 0.2) is 0 Å². The number of nitrogens with zero attached hydrogens (tertiary/aromatic N) is 1. The van der Waals surface area contributed by atoms with Gasteiger partial charge in [0, 0.05) is 19.1 Å². The van der Waals surface area contributed by atoms with Crippen LogP contribution in [0.3, 0.4) is 0 Å². The summed E-state index contributed by atoms with van der Waals surface area (Å²) >= 11 is 0. The van der Waals surface area contributed by atoms with E-state index in [1.54, 1.807) is 14.0 Å². The van der Waals surface area contributed by atoms with Crippen molar-refractivity contribution in [3.05, 3.63) is 29.6 Å². The molecule has 1 heterocycles. The van der Waals surface area contributed by atoms with Crippen LogP contribution in [0.25, 0.3) is 0 Å². The lowest BCUT2D eigenvalue weighted by molar-refractivity contribution is 0.379. The zero-order chi connectivity index (χ0) is 14.0. The van der Waals surface area contributed by atoms with Crippen LogP contribution >= 0.6 is 12.4 Å². The quantitative estimate of drug-likeness (QED) is 0.921. The molecule has 0 radical (unpaired) electrons. The lowest BCUT2D eigenvalue weighted by Gasteiger charge is -2.24. The molecule has 0 saturated carbocycles. The number of aryl methyl sites for hydroxylation is 1. The maximum absolute atomic E-state index is 13.5. The summed E-state index contributed by atoms with van der Waals surface area (Å²) in [6, 6.07) is 4.05. The molecular weight excluding hydrogens is 303 g/mol. The van der Waals surface area contributed by atoms with Gasteiger partial charge in [0.05, 0.1) is 4.90 Å². The number of rotatable bonds is 4. The molecule has 1 aliphatic heterocycles. The molecule has 1 aromatic carbocycles. The molecule has 1 unspecified atom stereocenters. The molecule has 1 aromatic rings. The van der Waals surface area contributed by atoms with E-state index in [1.807, 2.05) is 0 Å². The van der Waals surface area contributed by atoms with Crippen molar-refractivity contribution in [1.82, 2.24) is 9.62 Å². The Morgan fingerprint density at radius 1 is 1.45 bits per heavy atom. The fraction of sp³-hybridized carbons (Fsp3) is 0.538. The highest BCUT2D eigenvalue weighted by Gasteiger charge is 2.34. The first-order chi connectivity index (χ1) is 8.96. The maximum Gasteiger partial charge on any atom is 0.243 e. The standard InChI is InChI=1S/C13H19FN2O2S.ClH/c1-10-5-6-12(8-13(10)14)19(17,18)16-7-3-4-11(16)9-15-2;/h5-6,8,11,15H,3-4,7,9H2,1-2H3;1H. The van der Waals surface area contributed by atoms with E-state index in [-0.39, 0.29) is 23.3 Å². The Bertz CT molecular complexity index is 565. The Hall–Kier alpha value is -0.690. The molecule has 0 bridgehead atoms. The first kappa shape index (κ1) is 17.4. The Morgan fingerprint density at radius 3 is 2.75 bits per heavy atom. The highest BCUT2D eigenvalue weighted by Crippen LogP contribution is 2.26. The van der Waals surface area contributed by atoms with Crippen molar-refractivity contribution in [2.75, 3.05) is 20.1 Å². The summed E-state index contributed by atoms with van der Waals surface area (Å²) in [5.74, 6) is -0.481. The van der Waals surface area contributed by atoms with Crippen molar-refractivity contribution >= 4 is 22.4 Å². The van der Waals surface area contributed by atoms with Crippen LogP contribution in [0.15, 0.2) is 23.1 Å². The van der Waals surface area contributed by atoms with Gasteiger partial charge in [0.2, 0.25) is 10.0 Å². The molecule has 1 atom stereocenters. The van der Waals surface area contributed by atoms with E-state index >= 15 is 0 Å². The molecule has 20 heavy (non-hydrogen) atoms. The zero-order valence-electron chi connectivity index (χ0n) is 11.6. The molecule has 114 valence electrons. The van der Waals surface area contributed by atoms with Gasteiger partial charge < -0.3 is 5.32 Å². The van der Waals surface area contributed by atoms with Crippen LogP contribution in [0.4, 0.5) is 4.39 Å². The average Bonchev–Trinajstić information content (AvgIpc) is 2.82. The third-order valence-electron chi connectivity index (χ3n) is 3.51. The number of nitrogens with one attached hydrogen (secondary N) is 1. The summed E-state index contributed by atoms with van der Waals surface area (Å²) in [4.78, 5) is 0.0404. The largest absolute Gasteiger partial charge is 0.318 e. The van der Waals surface area contributed by atoms with Crippen molar-refractivity contribution in [2.24, 2.45) is 0 Å². The summed E-state index contributed by atoms with van der Waals surface area (Å²) < 4.78 is 40.1. The molecule has 0 aromatic heterocycles. The minimum absolute atomic E-state index is 0. The number of hydrogen-bond donors (Lipinski definition) is 1. The molecule has 2 rings (SSSR count). The van der Waals surface area contributed by atoms with E-state index in [0.29, 0.717) is 18.7 Å². The van der Waals surface area contributed by atoms with Gasteiger partial charge in [-0.05, 0) is 44.5 Å². The van der Waals surface area contributed by atoms with Crippen LogP contribution in [-0.4, -0.2) is 38.9 Å². The van der Waals surface area contributed by atoms with Gasteiger partial charge >= 0.3 is 0 Å². The molecule has 0 aliphatic carbocycles. The number of benzene rings is 1. The van der Waals surface area contributed by atoms with Crippen LogP contribution in [0.5, 0.6) is 0 Å². The van der Waals surface area contributed by atoms with E-state index < -0.39 is 15.8 Å². The lowest BCUT2D eigenvalue weighted by atomic mass is 10.2.